The van der Waals surface area contributed by atoms with E-state index in [0.29, 0.717) is 6.42 Å². The molecule has 0 saturated carbocycles. The standard InChI is InChI=1S/C10H16O/c1-4-7-8-10(11)9(5-2)6-3/h4-5H,1,6-8H2,2-3H3/b9-5-. The Kier molecular flexibility index (Phi) is 5.44. The van der Waals surface area contributed by atoms with Crippen LogP contribution in [0.5, 0.6) is 0 Å². The summed E-state index contributed by atoms with van der Waals surface area (Å²) in [5.41, 5.74) is 0.937. The summed E-state index contributed by atoms with van der Waals surface area (Å²) in [5, 5.41) is 0. The van der Waals surface area contributed by atoms with Crippen LogP contribution in [0.2, 0.25) is 0 Å². The summed E-state index contributed by atoms with van der Waals surface area (Å²) in [5.74, 6) is 0.259. The number of ketones is 1. The fraction of sp³-hybridized carbons (Fsp3) is 0.500. The SMILES string of the molecule is C=CCCC(=O)/C(=C\C)CC. The van der Waals surface area contributed by atoms with Crippen LogP contribution in [0.4, 0.5) is 0 Å². The van der Waals surface area contributed by atoms with Gasteiger partial charge in [-0.2, -0.15) is 0 Å². The Balaban J connectivity index is 3.90. The van der Waals surface area contributed by atoms with E-state index in [4.69, 9.17) is 0 Å². The number of allylic oxidation sites excluding steroid dienone is 3. The van der Waals surface area contributed by atoms with Crippen molar-refractivity contribution in [1.82, 2.24) is 0 Å². The van der Waals surface area contributed by atoms with Crippen molar-refractivity contribution in [1.29, 1.82) is 0 Å². The Morgan fingerprint density at radius 2 is 2.18 bits per heavy atom. The quantitative estimate of drug-likeness (QED) is 0.437. The van der Waals surface area contributed by atoms with Crippen LogP contribution in [0.15, 0.2) is 24.3 Å². The Bertz CT molecular complexity index is 166. The number of hydrogen-bond acceptors (Lipinski definition) is 1. The lowest BCUT2D eigenvalue weighted by Crippen LogP contribution is -2.00. The van der Waals surface area contributed by atoms with E-state index >= 15 is 0 Å². The fourth-order valence-corrected chi connectivity index (χ4v) is 0.956. The maximum Gasteiger partial charge on any atom is 0.158 e. The molecule has 0 atom stereocenters. The minimum absolute atomic E-state index is 0.259. The van der Waals surface area contributed by atoms with E-state index in [1.165, 1.54) is 0 Å². The second-order valence-corrected chi connectivity index (χ2v) is 2.42. The summed E-state index contributed by atoms with van der Waals surface area (Å²) in [6, 6.07) is 0. The highest BCUT2D eigenvalue weighted by molar-refractivity contribution is 5.95. The lowest BCUT2D eigenvalue weighted by atomic mass is 10.0. The Hall–Kier alpha value is -0.850. The molecule has 0 bridgehead atoms. The first-order valence-electron chi connectivity index (χ1n) is 4.05. The lowest BCUT2D eigenvalue weighted by molar-refractivity contribution is -0.115. The number of hydrogen-bond donors (Lipinski definition) is 0. The smallest absolute Gasteiger partial charge is 0.158 e. The van der Waals surface area contributed by atoms with Gasteiger partial charge in [-0.1, -0.05) is 19.1 Å². The van der Waals surface area contributed by atoms with Crippen LogP contribution in [-0.2, 0) is 4.79 Å². The molecule has 0 aromatic rings. The molecule has 0 unspecified atom stereocenters. The first-order chi connectivity index (χ1) is 5.26. The summed E-state index contributed by atoms with van der Waals surface area (Å²) in [7, 11) is 0. The van der Waals surface area contributed by atoms with Crippen LogP contribution in [0.25, 0.3) is 0 Å². The molecule has 0 N–H and O–H groups in total. The molecule has 0 fully saturated rings. The topological polar surface area (TPSA) is 17.1 Å². The van der Waals surface area contributed by atoms with Crippen LogP contribution in [0, 0.1) is 0 Å². The highest BCUT2D eigenvalue weighted by Crippen LogP contribution is 2.06. The molecule has 0 radical (unpaired) electrons. The molecule has 0 aliphatic carbocycles. The van der Waals surface area contributed by atoms with E-state index in [1.807, 2.05) is 19.9 Å². The van der Waals surface area contributed by atoms with Gasteiger partial charge in [0.1, 0.15) is 0 Å². The summed E-state index contributed by atoms with van der Waals surface area (Å²) >= 11 is 0. The maximum atomic E-state index is 11.2. The van der Waals surface area contributed by atoms with Crippen molar-refractivity contribution < 1.29 is 4.79 Å². The van der Waals surface area contributed by atoms with E-state index in [9.17, 15) is 4.79 Å². The van der Waals surface area contributed by atoms with Gasteiger partial charge in [0.2, 0.25) is 0 Å². The molecule has 0 aliphatic rings. The molecule has 0 aromatic carbocycles. The molecule has 11 heavy (non-hydrogen) atoms. The normalized spacial score (nSPS) is 11.3. The van der Waals surface area contributed by atoms with Crippen LogP contribution < -0.4 is 0 Å². The van der Waals surface area contributed by atoms with Gasteiger partial charge in [0, 0.05) is 6.42 Å². The molecule has 0 aromatic heterocycles. The molecule has 62 valence electrons. The van der Waals surface area contributed by atoms with Gasteiger partial charge in [0.05, 0.1) is 0 Å². The van der Waals surface area contributed by atoms with Gasteiger partial charge < -0.3 is 0 Å². The Morgan fingerprint density at radius 3 is 2.55 bits per heavy atom. The monoisotopic (exact) mass is 152 g/mol. The van der Waals surface area contributed by atoms with Gasteiger partial charge in [0.25, 0.3) is 0 Å². The molecular formula is C10H16O. The zero-order valence-electron chi connectivity index (χ0n) is 7.39. The molecule has 0 spiro atoms. The average molecular weight is 152 g/mol. The Labute approximate surface area is 68.8 Å². The molecule has 0 rings (SSSR count). The van der Waals surface area contributed by atoms with E-state index in [2.05, 4.69) is 6.58 Å². The number of carbonyl (C=O) groups excluding carboxylic acids is 1. The lowest BCUT2D eigenvalue weighted by Gasteiger charge is -1.99. The minimum atomic E-state index is 0.259. The van der Waals surface area contributed by atoms with Crippen molar-refractivity contribution in [2.75, 3.05) is 0 Å². The van der Waals surface area contributed by atoms with Gasteiger partial charge >= 0.3 is 0 Å². The Morgan fingerprint density at radius 1 is 1.55 bits per heavy atom. The highest BCUT2D eigenvalue weighted by Gasteiger charge is 2.03. The summed E-state index contributed by atoms with van der Waals surface area (Å²) < 4.78 is 0. The van der Waals surface area contributed by atoms with Crippen LogP contribution >= 0.6 is 0 Å². The van der Waals surface area contributed by atoms with Crippen LogP contribution in [0.3, 0.4) is 0 Å². The predicted molar refractivity (Wildman–Crippen MR) is 48.5 cm³/mol. The predicted octanol–water partition coefficient (Wildman–Crippen LogP) is 2.88. The van der Waals surface area contributed by atoms with Gasteiger partial charge in [-0.25, -0.2) is 0 Å². The molecule has 0 amide bonds. The van der Waals surface area contributed by atoms with Gasteiger partial charge in [-0.3, -0.25) is 4.79 Å². The van der Waals surface area contributed by atoms with Gasteiger partial charge in [-0.05, 0) is 25.3 Å². The molecule has 0 heterocycles. The van der Waals surface area contributed by atoms with Gasteiger partial charge in [-0.15, -0.1) is 6.58 Å². The molecule has 0 saturated heterocycles. The third-order valence-corrected chi connectivity index (χ3v) is 1.66. The summed E-state index contributed by atoms with van der Waals surface area (Å²) in [4.78, 5) is 11.2. The van der Waals surface area contributed by atoms with Crippen molar-refractivity contribution >= 4 is 5.78 Å². The highest BCUT2D eigenvalue weighted by atomic mass is 16.1. The number of carbonyl (C=O) groups is 1. The zero-order valence-corrected chi connectivity index (χ0v) is 7.39. The first-order valence-corrected chi connectivity index (χ1v) is 4.05. The number of Topliss-reactive ketones (excluding diaryl/α,β-unsaturated/α-hetero) is 1. The molecule has 1 nitrogen and oxygen atoms in total. The van der Waals surface area contributed by atoms with Crippen molar-refractivity contribution in [3.05, 3.63) is 24.3 Å². The molecule has 0 aliphatic heterocycles. The third-order valence-electron chi connectivity index (χ3n) is 1.66. The van der Waals surface area contributed by atoms with E-state index in [1.54, 1.807) is 6.08 Å². The van der Waals surface area contributed by atoms with E-state index < -0.39 is 0 Å². The largest absolute Gasteiger partial charge is 0.295 e. The zero-order chi connectivity index (χ0) is 8.69. The maximum absolute atomic E-state index is 11.2. The van der Waals surface area contributed by atoms with E-state index in [-0.39, 0.29) is 5.78 Å². The second kappa shape index (κ2) is 5.90. The number of rotatable bonds is 5. The summed E-state index contributed by atoms with van der Waals surface area (Å²) in [6.45, 7) is 7.48. The minimum Gasteiger partial charge on any atom is -0.295 e. The fourth-order valence-electron chi connectivity index (χ4n) is 0.956. The summed E-state index contributed by atoms with van der Waals surface area (Å²) in [6.07, 6.45) is 5.91. The van der Waals surface area contributed by atoms with Gasteiger partial charge in [0.15, 0.2) is 5.78 Å². The first kappa shape index (κ1) is 10.2. The van der Waals surface area contributed by atoms with Crippen LogP contribution in [-0.4, -0.2) is 5.78 Å². The molecular weight excluding hydrogens is 136 g/mol. The third kappa shape index (κ3) is 3.76. The second-order valence-electron chi connectivity index (χ2n) is 2.42. The van der Waals surface area contributed by atoms with Crippen molar-refractivity contribution in [3.8, 4) is 0 Å². The average Bonchev–Trinajstić information content (AvgIpc) is 2.03. The van der Waals surface area contributed by atoms with Crippen molar-refractivity contribution in [2.24, 2.45) is 0 Å². The van der Waals surface area contributed by atoms with Crippen molar-refractivity contribution in [2.45, 2.75) is 33.1 Å². The van der Waals surface area contributed by atoms with E-state index in [0.717, 1.165) is 18.4 Å². The van der Waals surface area contributed by atoms with Crippen molar-refractivity contribution in [3.63, 3.8) is 0 Å². The van der Waals surface area contributed by atoms with Crippen LogP contribution in [0.1, 0.15) is 33.1 Å². The molecule has 1 heteroatoms.